The number of aryl methyl sites for hydroxylation is 2. The van der Waals surface area contributed by atoms with Gasteiger partial charge < -0.3 is 9.84 Å². The van der Waals surface area contributed by atoms with E-state index in [2.05, 4.69) is 19.9 Å². The highest BCUT2D eigenvalue weighted by Gasteiger charge is 2.25. The van der Waals surface area contributed by atoms with E-state index in [4.69, 9.17) is 4.74 Å². The quantitative estimate of drug-likeness (QED) is 0.458. The van der Waals surface area contributed by atoms with E-state index in [0.717, 1.165) is 5.56 Å². The van der Waals surface area contributed by atoms with Crippen LogP contribution in [0.2, 0.25) is 0 Å². The molecule has 0 fully saturated rings. The lowest BCUT2D eigenvalue weighted by atomic mass is 10.0. The van der Waals surface area contributed by atoms with Gasteiger partial charge in [0, 0.05) is 6.54 Å². The monoisotopic (exact) mass is 467 g/mol. The van der Waals surface area contributed by atoms with Crippen LogP contribution in [-0.2, 0) is 23.1 Å². The van der Waals surface area contributed by atoms with Gasteiger partial charge in [-0.15, -0.1) is 0 Å². The Kier molecular flexibility index (Phi) is 7.43. The first-order valence-corrected chi connectivity index (χ1v) is 12.3. The summed E-state index contributed by atoms with van der Waals surface area (Å²) in [5.74, 6) is -0.508. The first-order chi connectivity index (χ1) is 15.7. The summed E-state index contributed by atoms with van der Waals surface area (Å²) in [6.07, 6.45) is 0.503. The van der Waals surface area contributed by atoms with Gasteiger partial charge in [0.05, 0.1) is 16.1 Å². The second-order valence-electron chi connectivity index (χ2n) is 7.79. The van der Waals surface area contributed by atoms with Gasteiger partial charge in [-0.25, -0.2) is 13.2 Å². The summed E-state index contributed by atoms with van der Waals surface area (Å²) in [4.78, 5) is 11.5. The van der Waals surface area contributed by atoms with Gasteiger partial charge in [0.2, 0.25) is 0 Å². The molecular weight excluding hydrogens is 438 g/mol. The van der Waals surface area contributed by atoms with Crippen molar-refractivity contribution < 1.29 is 23.1 Å². The van der Waals surface area contributed by atoms with Crippen LogP contribution in [0.15, 0.2) is 65.6 Å². The molecule has 0 aromatic heterocycles. The van der Waals surface area contributed by atoms with Gasteiger partial charge in [0.25, 0.3) is 10.0 Å². The maximum atomic E-state index is 13.3. The number of carboxylic acid groups (broad SMARTS) is 1. The maximum absolute atomic E-state index is 13.3. The van der Waals surface area contributed by atoms with Crippen molar-refractivity contribution in [3.63, 3.8) is 0 Å². The minimum atomic E-state index is -3.93. The fourth-order valence-electron chi connectivity index (χ4n) is 3.68. The Balaban J connectivity index is 1.83. The van der Waals surface area contributed by atoms with E-state index in [-0.39, 0.29) is 17.0 Å². The van der Waals surface area contributed by atoms with E-state index in [9.17, 15) is 18.3 Å². The molecule has 7 heteroatoms. The molecule has 33 heavy (non-hydrogen) atoms. The van der Waals surface area contributed by atoms with Gasteiger partial charge in [-0.3, -0.25) is 4.31 Å². The predicted octanol–water partition coefficient (Wildman–Crippen LogP) is 5.36. The van der Waals surface area contributed by atoms with Crippen LogP contribution in [0.1, 0.15) is 46.5 Å². The molecule has 3 rings (SSSR count). The topological polar surface area (TPSA) is 83.9 Å². The molecule has 1 N–H and O–H groups in total. The highest BCUT2D eigenvalue weighted by Crippen LogP contribution is 2.27. The van der Waals surface area contributed by atoms with E-state index in [1.165, 1.54) is 27.6 Å². The van der Waals surface area contributed by atoms with Crippen LogP contribution in [0.4, 0.5) is 5.69 Å². The van der Waals surface area contributed by atoms with Gasteiger partial charge in [-0.05, 0) is 85.8 Å². The molecule has 3 aromatic rings. The van der Waals surface area contributed by atoms with Crippen molar-refractivity contribution in [2.24, 2.45) is 0 Å². The van der Waals surface area contributed by atoms with Crippen molar-refractivity contribution in [3.05, 3.63) is 88.5 Å². The number of carbonyl (C=O) groups is 1. The molecule has 3 aromatic carbocycles. The average Bonchev–Trinajstić information content (AvgIpc) is 2.80. The third-order valence-electron chi connectivity index (χ3n) is 5.80. The Morgan fingerprint density at radius 1 is 0.970 bits per heavy atom. The third-order valence-corrected chi connectivity index (χ3v) is 7.70. The Morgan fingerprint density at radius 2 is 1.67 bits per heavy atom. The van der Waals surface area contributed by atoms with Crippen molar-refractivity contribution >= 4 is 21.7 Å². The lowest BCUT2D eigenvalue weighted by Gasteiger charge is -2.23. The van der Waals surface area contributed by atoms with E-state index >= 15 is 0 Å². The second kappa shape index (κ2) is 10.1. The molecule has 0 atom stereocenters. The molecule has 0 spiro atoms. The molecule has 0 bridgehead atoms. The normalized spacial score (nSPS) is 11.3. The fourth-order valence-corrected chi connectivity index (χ4v) is 5.18. The fraction of sp³-hybridized carbons (Fsp3) is 0.269. The minimum absolute atomic E-state index is 0.00446. The summed E-state index contributed by atoms with van der Waals surface area (Å²) in [5.41, 5.74) is 4.56. The van der Waals surface area contributed by atoms with Gasteiger partial charge in [-0.2, -0.15) is 0 Å². The molecule has 0 saturated carbocycles. The number of carboxylic acids is 1. The number of rotatable bonds is 9. The zero-order chi connectivity index (χ0) is 24.2. The van der Waals surface area contributed by atoms with E-state index in [0.29, 0.717) is 30.0 Å². The number of nitrogens with zero attached hydrogens (tertiary/aromatic N) is 1. The predicted molar refractivity (Wildman–Crippen MR) is 130 cm³/mol. The van der Waals surface area contributed by atoms with Crippen LogP contribution in [0.5, 0.6) is 5.75 Å². The molecule has 0 unspecified atom stereocenters. The number of sulfonamides is 1. The highest BCUT2D eigenvalue weighted by molar-refractivity contribution is 7.92. The average molecular weight is 468 g/mol. The van der Waals surface area contributed by atoms with Crippen molar-refractivity contribution in [2.45, 2.75) is 45.6 Å². The lowest BCUT2D eigenvalue weighted by Crippen LogP contribution is -2.31. The zero-order valence-electron chi connectivity index (χ0n) is 19.3. The van der Waals surface area contributed by atoms with E-state index in [1.54, 1.807) is 37.3 Å². The Hall–Kier alpha value is -3.32. The van der Waals surface area contributed by atoms with Crippen LogP contribution in [0.25, 0.3) is 0 Å². The number of hydrogen-bond acceptors (Lipinski definition) is 4. The van der Waals surface area contributed by atoms with Gasteiger partial charge in [0.1, 0.15) is 12.4 Å². The molecule has 0 aliphatic carbocycles. The Bertz CT molecular complexity index is 1250. The SMILES string of the molecule is CCc1ccc(S(=O)(=O)N(CC)c2ccc(OCc3cccc(C)c3C)cc2)cc1C(=O)O. The first kappa shape index (κ1) is 24.3. The highest BCUT2D eigenvalue weighted by atomic mass is 32.2. The molecule has 0 amide bonds. The summed E-state index contributed by atoms with van der Waals surface area (Å²) in [6.45, 7) is 8.30. The summed E-state index contributed by atoms with van der Waals surface area (Å²) in [7, 11) is -3.93. The summed E-state index contributed by atoms with van der Waals surface area (Å²) in [5, 5.41) is 9.47. The van der Waals surface area contributed by atoms with Crippen molar-refractivity contribution in [3.8, 4) is 5.75 Å². The molecule has 6 nitrogen and oxygen atoms in total. The molecule has 0 aliphatic heterocycles. The number of anilines is 1. The Morgan fingerprint density at radius 3 is 2.27 bits per heavy atom. The maximum Gasteiger partial charge on any atom is 0.336 e. The molecule has 0 aliphatic rings. The minimum Gasteiger partial charge on any atom is -0.489 e. The van der Waals surface area contributed by atoms with Crippen LogP contribution >= 0.6 is 0 Å². The van der Waals surface area contributed by atoms with E-state index < -0.39 is 16.0 Å². The second-order valence-corrected chi connectivity index (χ2v) is 9.65. The zero-order valence-corrected chi connectivity index (χ0v) is 20.1. The number of hydrogen-bond donors (Lipinski definition) is 1. The molecular formula is C26H29NO5S. The largest absolute Gasteiger partial charge is 0.489 e. The van der Waals surface area contributed by atoms with Crippen LogP contribution in [0, 0.1) is 13.8 Å². The van der Waals surface area contributed by atoms with Gasteiger partial charge in [0.15, 0.2) is 0 Å². The van der Waals surface area contributed by atoms with Crippen molar-refractivity contribution in [1.82, 2.24) is 0 Å². The molecule has 174 valence electrons. The van der Waals surface area contributed by atoms with E-state index in [1.807, 2.05) is 19.1 Å². The van der Waals surface area contributed by atoms with Gasteiger partial charge in [-0.1, -0.05) is 31.2 Å². The van der Waals surface area contributed by atoms with Crippen LogP contribution in [-0.4, -0.2) is 26.0 Å². The smallest absolute Gasteiger partial charge is 0.336 e. The molecule has 0 saturated heterocycles. The van der Waals surface area contributed by atoms with Crippen molar-refractivity contribution in [2.75, 3.05) is 10.8 Å². The number of aromatic carboxylic acids is 1. The molecule has 0 radical (unpaired) electrons. The van der Waals surface area contributed by atoms with Gasteiger partial charge >= 0.3 is 5.97 Å². The van der Waals surface area contributed by atoms with Crippen LogP contribution < -0.4 is 9.04 Å². The lowest BCUT2D eigenvalue weighted by molar-refractivity contribution is 0.0695. The Labute approximate surface area is 195 Å². The third kappa shape index (κ3) is 5.20. The summed E-state index contributed by atoms with van der Waals surface area (Å²) >= 11 is 0. The first-order valence-electron chi connectivity index (χ1n) is 10.9. The van der Waals surface area contributed by atoms with Crippen LogP contribution in [0.3, 0.4) is 0 Å². The summed E-state index contributed by atoms with van der Waals surface area (Å²) < 4.78 is 33.8. The molecule has 0 heterocycles. The standard InChI is InChI=1S/C26H29NO5S/c1-5-20-10-15-24(16-25(20)26(28)29)33(30,31)27(6-2)22-11-13-23(14-12-22)32-17-21-9-7-8-18(3)19(21)4/h7-16H,5-6,17H2,1-4H3,(H,28,29). The number of ether oxygens (including phenoxy) is 1. The van der Waals surface area contributed by atoms with Crippen molar-refractivity contribution in [1.29, 1.82) is 0 Å². The summed E-state index contributed by atoms with van der Waals surface area (Å²) in [6, 6.07) is 17.2. The number of benzene rings is 3.